The Hall–Kier alpha value is -3.03. The Kier molecular flexibility index (Phi) is 6.53. The van der Waals surface area contributed by atoms with Crippen molar-refractivity contribution < 1.29 is 27.5 Å². The van der Waals surface area contributed by atoms with Crippen LogP contribution in [-0.4, -0.2) is 30.7 Å². The van der Waals surface area contributed by atoms with Crippen molar-refractivity contribution in [1.29, 1.82) is 0 Å². The quantitative estimate of drug-likeness (QED) is 0.644. The molecule has 2 amide bonds. The number of carbonyl (C=O) groups excluding carboxylic acids is 2. The van der Waals surface area contributed by atoms with E-state index in [0.717, 1.165) is 25.0 Å². The number of carbonyl (C=O) groups is 2. The molecular weight excluding hydrogens is 421 g/mol. The summed E-state index contributed by atoms with van der Waals surface area (Å²) in [5.41, 5.74) is 0.461. The molecule has 1 aliphatic carbocycles. The highest BCUT2D eigenvalue weighted by atomic mass is 19.4. The van der Waals surface area contributed by atoms with Gasteiger partial charge in [-0.2, -0.15) is 13.2 Å². The summed E-state index contributed by atoms with van der Waals surface area (Å²) < 4.78 is 43.8. The Morgan fingerprint density at radius 2 is 1.66 bits per heavy atom. The van der Waals surface area contributed by atoms with Gasteiger partial charge in [-0.1, -0.05) is 24.3 Å². The molecule has 2 aromatic rings. The molecule has 172 valence electrons. The van der Waals surface area contributed by atoms with E-state index in [4.69, 9.17) is 4.74 Å². The summed E-state index contributed by atoms with van der Waals surface area (Å²) in [4.78, 5) is 26.8. The molecule has 32 heavy (non-hydrogen) atoms. The highest BCUT2D eigenvalue weighted by Crippen LogP contribution is 2.35. The number of hydrogen-bond acceptors (Lipinski definition) is 3. The number of nitrogens with zero attached hydrogens (tertiary/aromatic N) is 1. The van der Waals surface area contributed by atoms with E-state index in [2.05, 4.69) is 5.32 Å². The summed E-state index contributed by atoms with van der Waals surface area (Å²) in [5.74, 6) is -0.224. The Labute approximate surface area is 185 Å². The van der Waals surface area contributed by atoms with E-state index in [1.54, 1.807) is 52.1 Å². The number of hydrogen-bond donors (Lipinski definition) is 1. The number of benzene rings is 2. The highest BCUT2D eigenvalue weighted by Gasteiger charge is 2.39. The maximum absolute atomic E-state index is 13.2. The largest absolute Gasteiger partial charge is 0.444 e. The zero-order valence-electron chi connectivity index (χ0n) is 18.5. The van der Waals surface area contributed by atoms with Crippen molar-refractivity contribution in [1.82, 2.24) is 5.32 Å². The van der Waals surface area contributed by atoms with E-state index >= 15 is 0 Å². The lowest BCUT2D eigenvalue weighted by atomic mass is 10.0. The van der Waals surface area contributed by atoms with Gasteiger partial charge >= 0.3 is 12.3 Å². The van der Waals surface area contributed by atoms with Gasteiger partial charge in [0.15, 0.2) is 0 Å². The number of rotatable bonds is 5. The molecule has 1 aliphatic rings. The van der Waals surface area contributed by atoms with Crippen LogP contribution in [0.5, 0.6) is 0 Å². The number of ether oxygens (including phenoxy) is 1. The van der Waals surface area contributed by atoms with Gasteiger partial charge in [0, 0.05) is 12.7 Å². The van der Waals surface area contributed by atoms with Crippen LogP contribution < -0.4 is 10.2 Å². The van der Waals surface area contributed by atoms with Gasteiger partial charge in [-0.15, -0.1) is 0 Å². The summed E-state index contributed by atoms with van der Waals surface area (Å²) in [5, 5.41) is 2.69. The van der Waals surface area contributed by atoms with E-state index in [1.165, 1.54) is 17.0 Å². The minimum Gasteiger partial charge on any atom is -0.444 e. The van der Waals surface area contributed by atoms with Crippen molar-refractivity contribution in [3.63, 3.8) is 0 Å². The van der Waals surface area contributed by atoms with Crippen LogP contribution in [0.25, 0.3) is 11.1 Å². The molecule has 5 nitrogen and oxygen atoms in total. The fourth-order valence-corrected chi connectivity index (χ4v) is 3.33. The molecule has 8 heteroatoms. The fraction of sp³-hybridized carbons (Fsp3) is 0.417. The molecule has 0 aliphatic heterocycles. The lowest BCUT2D eigenvalue weighted by Gasteiger charge is -2.27. The Morgan fingerprint density at radius 3 is 2.19 bits per heavy atom. The Balaban J connectivity index is 1.77. The van der Waals surface area contributed by atoms with Crippen molar-refractivity contribution in [2.45, 2.75) is 51.4 Å². The van der Waals surface area contributed by atoms with Crippen LogP contribution in [0.15, 0.2) is 48.5 Å². The molecule has 0 spiro atoms. The first kappa shape index (κ1) is 23.6. The van der Waals surface area contributed by atoms with E-state index < -0.39 is 29.5 Å². The zero-order valence-corrected chi connectivity index (χ0v) is 18.5. The molecule has 1 saturated carbocycles. The number of anilines is 1. The summed E-state index contributed by atoms with van der Waals surface area (Å²) in [6.07, 6.45) is -3.36. The van der Waals surface area contributed by atoms with E-state index in [9.17, 15) is 22.8 Å². The molecule has 0 radical (unpaired) electrons. The number of amides is 2. The van der Waals surface area contributed by atoms with Gasteiger partial charge in [0.25, 0.3) is 0 Å². The van der Waals surface area contributed by atoms with Crippen LogP contribution >= 0.6 is 0 Å². The second kappa shape index (κ2) is 8.84. The van der Waals surface area contributed by atoms with E-state index in [1.807, 2.05) is 0 Å². The smallest absolute Gasteiger partial charge is 0.416 e. The van der Waals surface area contributed by atoms with Gasteiger partial charge in [0.1, 0.15) is 11.6 Å². The molecule has 1 N–H and O–H groups in total. The normalized spacial score (nSPS) is 15.1. The van der Waals surface area contributed by atoms with Crippen LogP contribution in [0.4, 0.5) is 23.7 Å². The Morgan fingerprint density at radius 1 is 1.03 bits per heavy atom. The third-order valence-electron chi connectivity index (χ3n) is 5.14. The van der Waals surface area contributed by atoms with Crippen molar-refractivity contribution in [2.75, 3.05) is 11.9 Å². The van der Waals surface area contributed by atoms with E-state index in [-0.39, 0.29) is 11.8 Å². The van der Waals surface area contributed by atoms with Crippen LogP contribution in [0.1, 0.15) is 39.2 Å². The van der Waals surface area contributed by atoms with Crippen molar-refractivity contribution in [2.24, 2.45) is 5.92 Å². The summed E-state index contributed by atoms with van der Waals surface area (Å²) >= 11 is 0. The minimum absolute atomic E-state index is 0.0514. The van der Waals surface area contributed by atoms with Crippen LogP contribution in [0.3, 0.4) is 0 Å². The third-order valence-corrected chi connectivity index (χ3v) is 5.14. The van der Waals surface area contributed by atoms with Gasteiger partial charge < -0.3 is 15.0 Å². The highest BCUT2D eigenvalue weighted by molar-refractivity contribution is 5.99. The number of halogens is 3. The molecule has 0 bridgehead atoms. The molecule has 2 aromatic carbocycles. The summed E-state index contributed by atoms with van der Waals surface area (Å²) in [6.45, 7) is 5.25. The average Bonchev–Trinajstić information content (AvgIpc) is 3.54. The average molecular weight is 448 g/mol. The van der Waals surface area contributed by atoms with Crippen LogP contribution in [-0.2, 0) is 15.7 Å². The maximum atomic E-state index is 13.2. The molecule has 1 atom stereocenters. The molecule has 3 rings (SSSR count). The summed E-state index contributed by atoms with van der Waals surface area (Å²) in [6, 6.07) is 11.1. The van der Waals surface area contributed by atoms with Crippen molar-refractivity contribution in [3.05, 3.63) is 54.1 Å². The number of alkyl carbamates (subject to hydrolysis) is 1. The number of alkyl halides is 3. The van der Waals surface area contributed by atoms with Gasteiger partial charge in [-0.3, -0.25) is 4.79 Å². The van der Waals surface area contributed by atoms with Crippen molar-refractivity contribution in [3.8, 4) is 11.1 Å². The lowest BCUT2D eigenvalue weighted by molar-refractivity contribution is -0.137. The zero-order chi connectivity index (χ0) is 23.7. The third kappa shape index (κ3) is 6.02. The molecular formula is C24H27F3N2O3. The fourth-order valence-electron chi connectivity index (χ4n) is 3.33. The first-order valence-electron chi connectivity index (χ1n) is 10.4. The Bertz CT molecular complexity index is 977. The molecule has 0 saturated heterocycles. The number of likely N-dealkylation sites (N-methyl/N-ethyl adjacent to an activating group) is 1. The first-order valence-corrected chi connectivity index (χ1v) is 10.4. The topological polar surface area (TPSA) is 58.6 Å². The standard InChI is InChI=1S/C24H27F3N2O3/c1-23(2,3)32-22(31)28-20(16-8-9-16)21(30)29(4)19-7-5-6-17(14-19)15-10-12-18(13-11-15)24(25,26)27/h5-7,10-14,16,20H,8-9H2,1-4H3,(H,28,31)/t20-/m0/s1. The predicted molar refractivity (Wildman–Crippen MR) is 116 cm³/mol. The monoisotopic (exact) mass is 448 g/mol. The SMILES string of the molecule is CN(C(=O)[C@@H](NC(=O)OC(C)(C)C)C1CC1)c1cccc(-c2ccc(C(F)(F)F)cc2)c1. The maximum Gasteiger partial charge on any atom is 0.416 e. The second-order valence-corrected chi connectivity index (χ2v) is 8.98. The van der Waals surface area contributed by atoms with Gasteiger partial charge in [-0.05, 0) is 74.9 Å². The van der Waals surface area contributed by atoms with E-state index in [0.29, 0.717) is 16.8 Å². The number of nitrogens with one attached hydrogen (secondary N) is 1. The van der Waals surface area contributed by atoms with Crippen molar-refractivity contribution >= 4 is 17.7 Å². The molecule has 0 heterocycles. The van der Waals surface area contributed by atoms with Gasteiger partial charge in [-0.25, -0.2) is 4.79 Å². The minimum atomic E-state index is -4.40. The summed E-state index contributed by atoms with van der Waals surface area (Å²) in [7, 11) is 1.61. The first-order chi connectivity index (χ1) is 14.8. The predicted octanol–water partition coefficient (Wildman–Crippen LogP) is 5.64. The molecule has 0 aromatic heterocycles. The molecule has 0 unspecified atom stereocenters. The van der Waals surface area contributed by atoms with Gasteiger partial charge in [0.2, 0.25) is 5.91 Å². The lowest BCUT2D eigenvalue weighted by Crippen LogP contribution is -2.50. The van der Waals surface area contributed by atoms with Crippen LogP contribution in [0, 0.1) is 5.92 Å². The van der Waals surface area contributed by atoms with Crippen LogP contribution in [0.2, 0.25) is 0 Å². The second-order valence-electron chi connectivity index (χ2n) is 8.98. The van der Waals surface area contributed by atoms with Gasteiger partial charge in [0.05, 0.1) is 5.56 Å². The molecule has 1 fully saturated rings.